The summed E-state index contributed by atoms with van der Waals surface area (Å²) in [5, 5.41) is 12.6. The molecule has 1 aromatic rings. The Labute approximate surface area is 127 Å². The molecule has 5 nitrogen and oxygen atoms in total. The summed E-state index contributed by atoms with van der Waals surface area (Å²) >= 11 is 1.47. The van der Waals surface area contributed by atoms with Gasteiger partial charge in [-0.05, 0) is 24.8 Å². The van der Waals surface area contributed by atoms with Gasteiger partial charge in [-0.1, -0.05) is 6.08 Å². The van der Waals surface area contributed by atoms with Crippen LogP contribution in [0.4, 0.5) is 5.00 Å². The van der Waals surface area contributed by atoms with Crippen molar-refractivity contribution in [1.82, 2.24) is 4.90 Å². The highest BCUT2D eigenvalue weighted by molar-refractivity contribution is 7.16. The Morgan fingerprint density at radius 3 is 2.90 bits per heavy atom. The number of aryl methyl sites for hydroxylation is 1. The van der Waals surface area contributed by atoms with Gasteiger partial charge in [-0.3, -0.25) is 9.59 Å². The lowest BCUT2D eigenvalue weighted by molar-refractivity contribution is -0.132. The minimum absolute atomic E-state index is 0.0329. The molecule has 0 atom stereocenters. The Morgan fingerprint density at radius 1 is 1.52 bits per heavy atom. The second-order valence-electron chi connectivity index (χ2n) is 4.91. The Bertz CT molecular complexity index is 628. The number of nitrogens with zero attached hydrogens (tertiary/aromatic N) is 2. The van der Waals surface area contributed by atoms with E-state index < -0.39 is 0 Å². The molecule has 1 aliphatic carbocycles. The number of thiophene rings is 1. The second kappa shape index (κ2) is 6.55. The minimum atomic E-state index is -0.288. The summed E-state index contributed by atoms with van der Waals surface area (Å²) in [7, 11) is 0. The van der Waals surface area contributed by atoms with Gasteiger partial charge >= 0.3 is 0 Å². The summed E-state index contributed by atoms with van der Waals surface area (Å²) in [6, 6.07) is 2.18. The lowest BCUT2D eigenvalue weighted by Gasteiger charge is -2.18. The average Bonchev–Trinajstić information content (AvgIpc) is 2.98. The third-order valence-electron chi connectivity index (χ3n) is 3.42. The summed E-state index contributed by atoms with van der Waals surface area (Å²) in [6.45, 7) is 5.28. The number of rotatable bonds is 5. The third kappa shape index (κ3) is 3.31. The molecule has 1 aromatic heterocycles. The molecule has 1 heterocycles. The van der Waals surface area contributed by atoms with E-state index in [0.29, 0.717) is 17.1 Å². The molecule has 6 heteroatoms. The number of carbonyl (C=O) groups excluding carboxylic acids is 2. The van der Waals surface area contributed by atoms with Crippen LogP contribution in [-0.4, -0.2) is 29.8 Å². The number of amides is 2. The zero-order chi connectivity index (χ0) is 15.4. The van der Waals surface area contributed by atoms with Gasteiger partial charge in [0.25, 0.3) is 0 Å². The smallest absolute Gasteiger partial charge is 0.244 e. The van der Waals surface area contributed by atoms with Crippen molar-refractivity contribution in [3.05, 3.63) is 28.7 Å². The van der Waals surface area contributed by atoms with Crippen molar-refractivity contribution in [3.8, 4) is 6.07 Å². The monoisotopic (exact) mass is 303 g/mol. The molecule has 2 rings (SSSR count). The fourth-order valence-corrected chi connectivity index (χ4v) is 3.67. The van der Waals surface area contributed by atoms with Gasteiger partial charge in [-0.15, -0.1) is 17.9 Å². The maximum atomic E-state index is 12.1. The van der Waals surface area contributed by atoms with Crippen LogP contribution in [0.2, 0.25) is 0 Å². The zero-order valence-electron chi connectivity index (χ0n) is 11.9. The molecule has 1 aliphatic rings. The van der Waals surface area contributed by atoms with Crippen molar-refractivity contribution < 1.29 is 9.59 Å². The largest absolute Gasteiger partial charge is 0.330 e. The normalized spacial score (nSPS) is 12.4. The molecule has 2 amide bonds. The summed E-state index contributed by atoms with van der Waals surface area (Å²) in [4.78, 5) is 26.1. The van der Waals surface area contributed by atoms with Gasteiger partial charge in [0.15, 0.2) is 0 Å². The fraction of sp³-hybridized carbons (Fsp3) is 0.400. The summed E-state index contributed by atoms with van der Waals surface area (Å²) in [6.07, 6.45) is 4.53. The van der Waals surface area contributed by atoms with Crippen molar-refractivity contribution in [2.45, 2.75) is 26.2 Å². The van der Waals surface area contributed by atoms with Gasteiger partial charge in [-0.2, -0.15) is 5.26 Å². The van der Waals surface area contributed by atoms with Crippen molar-refractivity contribution in [3.63, 3.8) is 0 Å². The predicted molar refractivity (Wildman–Crippen MR) is 82.1 cm³/mol. The third-order valence-corrected chi connectivity index (χ3v) is 4.62. The van der Waals surface area contributed by atoms with E-state index >= 15 is 0 Å². The van der Waals surface area contributed by atoms with E-state index in [9.17, 15) is 14.9 Å². The van der Waals surface area contributed by atoms with Crippen molar-refractivity contribution >= 4 is 28.2 Å². The average molecular weight is 303 g/mol. The van der Waals surface area contributed by atoms with Crippen molar-refractivity contribution in [2.24, 2.45) is 0 Å². The quantitative estimate of drug-likeness (QED) is 0.846. The summed E-state index contributed by atoms with van der Waals surface area (Å²) in [5.41, 5.74) is 1.66. The van der Waals surface area contributed by atoms with Crippen LogP contribution >= 0.6 is 11.3 Å². The number of hydrogen-bond acceptors (Lipinski definition) is 4. The van der Waals surface area contributed by atoms with Crippen LogP contribution in [0.5, 0.6) is 0 Å². The highest BCUT2D eigenvalue weighted by Crippen LogP contribution is 2.38. The topological polar surface area (TPSA) is 73.2 Å². The molecule has 0 aliphatic heterocycles. The maximum absolute atomic E-state index is 12.1. The van der Waals surface area contributed by atoms with Crippen LogP contribution < -0.4 is 5.32 Å². The first-order chi connectivity index (χ1) is 10.1. The molecule has 21 heavy (non-hydrogen) atoms. The standard InChI is InChI=1S/C15H17N3O2S/c1-3-7-18(10(2)19)9-14(20)17-15-12(8-16)11-5-4-6-13(11)21-15/h3H,1,4-7,9H2,2H3,(H,17,20). The van der Waals surface area contributed by atoms with E-state index in [1.54, 1.807) is 6.08 Å². The SMILES string of the molecule is C=CCN(CC(=O)Nc1sc2c(c1C#N)CCC2)C(C)=O. The molecule has 0 bridgehead atoms. The van der Waals surface area contributed by atoms with Crippen LogP contribution in [0, 0.1) is 11.3 Å². The van der Waals surface area contributed by atoms with Crippen molar-refractivity contribution in [2.75, 3.05) is 18.4 Å². The number of carbonyl (C=O) groups is 2. The van der Waals surface area contributed by atoms with Gasteiger partial charge in [-0.25, -0.2) is 0 Å². The van der Waals surface area contributed by atoms with E-state index in [1.807, 2.05) is 0 Å². The molecule has 0 radical (unpaired) electrons. The Kier molecular flexibility index (Phi) is 4.76. The van der Waals surface area contributed by atoms with Gasteiger partial charge in [0, 0.05) is 18.3 Å². The van der Waals surface area contributed by atoms with E-state index in [2.05, 4.69) is 18.0 Å². The van der Waals surface area contributed by atoms with Crippen LogP contribution in [0.15, 0.2) is 12.7 Å². The molecular weight excluding hydrogens is 286 g/mol. The highest BCUT2D eigenvalue weighted by atomic mass is 32.1. The number of anilines is 1. The van der Waals surface area contributed by atoms with Crippen LogP contribution in [0.25, 0.3) is 0 Å². The molecule has 110 valence electrons. The van der Waals surface area contributed by atoms with Gasteiger partial charge in [0.1, 0.15) is 17.6 Å². The first-order valence-electron chi connectivity index (χ1n) is 6.77. The predicted octanol–water partition coefficient (Wildman–Crippen LogP) is 2.08. The van der Waals surface area contributed by atoms with Crippen LogP contribution in [-0.2, 0) is 22.4 Å². The zero-order valence-corrected chi connectivity index (χ0v) is 12.8. The lowest BCUT2D eigenvalue weighted by atomic mass is 10.1. The lowest BCUT2D eigenvalue weighted by Crippen LogP contribution is -2.36. The minimum Gasteiger partial charge on any atom is -0.330 e. The Balaban J connectivity index is 2.08. The van der Waals surface area contributed by atoms with E-state index in [-0.39, 0.29) is 18.4 Å². The molecule has 0 spiro atoms. The molecular formula is C15H17N3O2S. The van der Waals surface area contributed by atoms with Crippen LogP contribution in [0.1, 0.15) is 29.3 Å². The summed E-state index contributed by atoms with van der Waals surface area (Å²) < 4.78 is 0. The first kappa shape index (κ1) is 15.3. The van der Waals surface area contributed by atoms with E-state index in [0.717, 1.165) is 24.8 Å². The second-order valence-corrected chi connectivity index (χ2v) is 6.01. The van der Waals surface area contributed by atoms with Gasteiger partial charge in [0.05, 0.1) is 5.56 Å². The number of nitriles is 1. The van der Waals surface area contributed by atoms with Crippen LogP contribution in [0.3, 0.4) is 0 Å². The van der Waals surface area contributed by atoms with E-state index in [4.69, 9.17) is 0 Å². The maximum Gasteiger partial charge on any atom is 0.244 e. The Morgan fingerprint density at radius 2 is 2.29 bits per heavy atom. The number of fused-ring (bicyclic) bond motifs is 1. The molecule has 0 aromatic carbocycles. The number of hydrogen-bond donors (Lipinski definition) is 1. The fourth-order valence-electron chi connectivity index (χ4n) is 2.41. The van der Waals surface area contributed by atoms with Gasteiger partial charge < -0.3 is 10.2 Å². The highest BCUT2D eigenvalue weighted by Gasteiger charge is 2.23. The molecule has 1 N–H and O–H groups in total. The number of nitrogens with one attached hydrogen (secondary N) is 1. The molecule has 0 saturated carbocycles. The Hall–Kier alpha value is -2.13. The van der Waals surface area contributed by atoms with Gasteiger partial charge in [0.2, 0.25) is 11.8 Å². The molecule has 0 fully saturated rings. The van der Waals surface area contributed by atoms with E-state index in [1.165, 1.54) is 28.0 Å². The first-order valence-corrected chi connectivity index (χ1v) is 7.59. The molecule has 0 saturated heterocycles. The molecule has 0 unspecified atom stereocenters. The van der Waals surface area contributed by atoms with Crippen molar-refractivity contribution in [1.29, 1.82) is 5.26 Å². The summed E-state index contributed by atoms with van der Waals surface area (Å²) in [5.74, 6) is -0.470.